The highest BCUT2D eigenvalue weighted by molar-refractivity contribution is 8.00. The summed E-state index contributed by atoms with van der Waals surface area (Å²) in [6.07, 6.45) is 8.04. The lowest BCUT2D eigenvalue weighted by Crippen LogP contribution is -2.26. The van der Waals surface area contributed by atoms with Crippen LogP contribution in [0.1, 0.15) is 87.5 Å². The van der Waals surface area contributed by atoms with Crippen LogP contribution in [0.15, 0.2) is 0 Å². The van der Waals surface area contributed by atoms with Gasteiger partial charge in [0.15, 0.2) is 0 Å². The van der Waals surface area contributed by atoms with Crippen LogP contribution in [0.4, 0.5) is 0 Å². The summed E-state index contributed by atoms with van der Waals surface area (Å²) >= 11 is 1.67. The second-order valence-electron chi connectivity index (χ2n) is 7.48. The van der Waals surface area contributed by atoms with Crippen LogP contribution >= 0.6 is 11.8 Å². The predicted molar refractivity (Wildman–Crippen MR) is 113 cm³/mol. The second kappa shape index (κ2) is 13.7. The molecule has 1 aliphatic heterocycles. The van der Waals surface area contributed by atoms with E-state index >= 15 is 0 Å². The smallest absolute Gasteiger partial charge is 0.242 e. The summed E-state index contributed by atoms with van der Waals surface area (Å²) in [6, 6.07) is 0. The Morgan fingerprint density at radius 2 is 1.76 bits per heavy atom. The summed E-state index contributed by atoms with van der Waals surface area (Å²) in [7, 11) is 1.59. The minimum atomic E-state index is -0.127. The number of hydrogen-bond donors (Lipinski definition) is 0. The summed E-state index contributed by atoms with van der Waals surface area (Å²) in [5, 5.41) is -0.127. The zero-order chi connectivity index (χ0) is 17.4. The lowest BCUT2D eigenvalue weighted by Gasteiger charge is -2.24. The summed E-state index contributed by atoms with van der Waals surface area (Å²) in [5.74, 6) is 3.37. The van der Waals surface area contributed by atoms with Crippen molar-refractivity contribution < 1.29 is 9.59 Å². The molecule has 1 rings (SSSR count). The molecule has 1 heterocycles. The average molecular weight is 374 g/mol. The Morgan fingerprint density at radius 3 is 2.24 bits per heavy atom. The zero-order valence-corrected chi connectivity index (χ0v) is 16.5. The van der Waals surface area contributed by atoms with Crippen molar-refractivity contribution in [2.24, 2.45) is 17.8 Å². The molecule has 2 amide bonds. The molecule has 4 heteroatoms. The maximum atomic E-state index is 11.8. The Morgan fingerprint density at radius 1 is 1.12 bits per heavy atom. The van der Waals surface area contributed by atoms with Gasteiger partial charge in [-0.3, -0.25) is 14.5 Å². The van der Waals surface area contributed by atoms with Crippen molar-refractivity contribution >= 4 is 23.6 Å². The predicted octanol–water partition coefficient (Wildman–Crippen LogP) is 6.02. The van der Waals surface area contributed by atoms with Gasteiger partial charge in [0.25, 0.3) is 0 Å². The number of likely N-dealkylation sites (tertiary alicyclic amines) is 1. The fourth-order valence-electron chi connectivity index (χ4n) is 3.44. The largest absolute Gasteiger partial charge is 0.285 e. The number of unbranched alkanes of at least 4 members (excludes halogenated alkanes) is 1. The molecule has 0 aromatic rings. The Kier molecular flexibility index (Phi) is 14.6. The molecule has 0 aromatic heterocycles. The second-order valence-corrected chi connectivity index (χ2v) is 8.79. The first-order valence-corrected chi connectivity index (χ1v) is 10.3. The first kappa shape index (κ1) is 26.7. The number of imide groups is 1. The first-order valence-electron chi connectivity index (χ1n) is 9.28. The fraction of sp³-hybridized carbons (Fsp3) is 0.905. The molecule has 0 spiro atoms. The number of hydrogen-bond acceptors (Lipinski definition) is 3. The molecule has 0 aliphatic carbocycles. The van der Waals surface area contributed by atoms with Crippen LogP contribution < -0.4 is 0 Å². The molecule has 1 saturated heterocycles. The van der Waals surface area contributed by atoms with E-state index in [1.54, 1.807) is 18.8 Å². The zero-order valence-electron chi connectivity index (χ0n) is 15.6. The third kappa shape index (κ3) is 9.12. The maximum absolute atomic E-state index is 11.8. The average Bonchev–Trinajstić information content (AvgIpc) is 2.73. The molecule has 0 aromatic carbocycles. The number of carbonyl (C=O) groups is 2. The molecule has 1 fully saturated rings. The minimum Gasteiger partial charge on any atom is -0.285 e. The Balaban J connectivity index is 0. The summed E-state index contributed by atoms with van der Waals surface area (Å²) in [5.41, 5.74) is 0. The number of rotatable bonds is 11. The van der Waals surface area contributed by atoms with E-state index in [2.05, 4.69) is 27.7 Å². The van der Waals surface area contributed by atoms with Crippen LogP contribution in [0.25, 0.3) is 0 Å². The summed E-state index contributed by atoms with van der Waals surface area (Å²) in [4.78, 5) is 24.6. The van der Waals surface area contributed by atoms with Crippen LogP contribution in [0.2, 0.25) is 0 Å². The molecule has 0 radical (unpaired) electrons. The van der Waals surface area contributed by atoms with Gasteiger partial charge in [0.05, 0.1) is 5.25 Å². The van der Waals surface area contributed by atoms with Gasteiger partial charge in [0, 0.05) is 13.5 Å². The lowest BCUT2D eigenvalue weighted by molar-refractivity contribution is -0.136. The van der Waals surface area contributed by atoms with E-state index in [1.165, 1.54) is 37.0 Å². The highest BCUT2D eigenvalue weighted by Gasteiger charge is 2.35. The normalized spacial score (nSPS) is 19.6. The molecular weight excluding hydrogens is 330 g/mol. The fourth-order valence-corrected chi connectivity index (χ4v) is 4.65. The third-order valence-electron chi connectivity index (χ3n) is 5.06. The Labute approximate surface area is 161 Å². The maximum Gasteiger partial charge on any atom is 0.242 e. The van der Waals surface area contributed by atoms with Crippen LogP contribution in [-0.4, -0.2) is 34.8 Å². The molecule has 3 atom stereocenters. The van der Waals surface area contributed by atoms with Crippen LogP contribution in [0.5, 0.6) is 0 Å². The van der Waals surface area contributed by atoms with Gasteiger partial charge in [0.2, 0.25) is 11.8 Å². The molecule has 3 unspecified atom stereocenters. The molecule has 0 saturated carbocycles. The van der Waals surface area contributed by atoms with Crippen LogP contribution in [-0.2, 0) is 9.59 Å². The highest BCUT2D eigenvalue weighted by atomic mass is 32.2. The van der Waals surface area contributed by atoms with E-state index in [0.717, 1.165) is 29.9 Å². The molecule has 0 N–H and O–H groups in total. The van der Waals surface area contributed by atoms with Crippen molar-refractivity contribution in [1.29, 1.82) is 0 Å². The van der Waals surface area contributed by atoms with E-state index in [1.807, 2.05) is 0 Å². The van der Waals surface area contributed by atoms with Crippen molar-refractivity contribution in [2.75, 3.05) is 12.8 Å². The standard InChI is InChI=1S/C19H35NO2S.2CH4/c1-6-9-15(4)12-16(14(2)3)10-7-8-11-23-17-13-18(21)20(5)19(17)22;;/h14-17H,6-13H2,1-5H3;2*1H4. The van der Waals surface area contributed by atoms with Gasteiger partial charge in [-0.25, -0.2) is 0 Å². The van der Waals surface area contributed by atoms with Gasteiger partial charge in [-0.2, -0.15) is 0 Å². The van der Waals surface area contributed by atoms with Crippen LogP contribution in [0.3, 0.4) is 0 Å². The molecular formula is C21H43NO2S. The van der Waals surface area contributed by atoms with Gasteiger partial charge in [-0.15, -0.1) is 11.8 Å². The van der Waals surface area contributed by atoms with E-state index in [0.29, 0.717) is 6.42 Å². The highest BCUT2D eigenvalue weighted by Crippen LogP contribution is 2.29. The van der Waals surface area contributed by atoms with Crippen molar-refractivity contribution in [3.8, 4) is 0 Å². The number of amides is 2. The Bertz CT molecular complexity index is 384. The SMILES string of the molecule is C.C.CCCC(C)CC(CCCCSC1CC(=O)N(C)C1=O)C(C)C. The van der Waals surface area contributed by atoms with Gasteiger partial charge >= 0.3 is 0 Å². The van der Waals surface area contributed by atoms with E-state index in [4.69, 9.17) is 0 Å². The molecule has 25 heavy (non-hydrogen) atoms. The number of carbonyl (C=O) groups excluding carboxylic acids is 2. The van der Waals surface area contributed by atoms with Gasteiger partial charge in [0.1, 0.15) is 0 Å². The van der Waals surface area contributed by atoms with Gasteiger partial charge in [-0.05, 0) is 36.3 Å². The number of thioether (sulfide) groups is 1. The van der Waals surface area contributed by atoms with E-state index in [-0.39, 0.29) is 31.9 Å². The van der Waals surface area contributed by atoms with Crippen molar-refractivity contribution in [3.63, 3.8) is 0 Å². The summed E-state index contributed by atoms with van der Waals surface area (Å²) < 4.78 is 0. The molecule has 3 nitrogen and oxygen atoms in total. The quantitative estimate of drug-likeness (QED) is 0.328. The monoisotopic (exact) mass is 373 g/mol. The van der Waals surface area contributed by atoms with E-state index in [9.17, 15) is 9.59 Å². The van der Waals surface area contributed by atoms with Crippen molar-refractivity contribution in [1.82, 2.24) is 4.90 Å². The van der Waals surface area contributed by atoms with Gasteiger partial charge < -0.3 is 0 Å². The molecule has 0 bridgehead atoms. The Hall–Kier alpha value is -0.510. The van der Waals surface area contributed by atoms with E-state index < -0.39 is 0 Å². The third-order valence-corrected chi connectivity index (χ3v) is 6.35. The van der Waals surface area contributed by atoms with Crippen LogP contribution in [0, 0.1) is 17.8 Å². The van der Waals surface area contributed by atoms with Gasteiger partial charge in [-0.1, -0.05) is 68.2 Å². The number of nitrogens with zero attached hydrogens (tertiary/aromatic N) is 1. The first-order chi connectivity index (χ1) is 10.9. The van der Waals surface area contributed by atoms with Crippen molar-refractivity contribution in [2.45, 2.75) is 92.7 Å². The molecule has 1 aliphatic rings. The lowest BCUT2D eigenvalue weighted by atomic mass is 9.82. The molecule has 150 valence electrons. The van der Waals surface area contributed by atoms with Crippen molar-refractivity contribution in [3.05, 3.63) is 0 Å². The topological polar surface area (TPSA) is 37.4 Å². The summed E-state index contributed by atoms with van der Waals surface area (Å²) in [6.45, 7) is 9.34. The minimum absolute atomic E-state index is 0.